The van der Waals surface area contributed by atoms with Gasteiger partial charge in [0.15, 0.2) is 0 Å². The summed E-state index contributed by atoms with van der Waals surface area (Å²) in [5, 5.41) is 0. The SMILES string of the molecule is CCC1(C)CCCCCCC1C. The first-order valence-corrected chi connectivity index (χ1v) is 5.69. The molecule has 0 bridgehead atoms. The average molecular weight is 168 g/mol. The molecule has 12 heavy (non-hydrogen) atoms. The highest BCUT2D eigenvalue weighted by atomic mass is 14.3. The van der Waals surface area contributed by atoms with Crippen molar-refractivity contribution < 1.29 is 0 Å². The lowest BCUT2D eigenvalue weighted by Crippen LogP contribution is -2.25. The minimum Gasteiger partial charge on any atom is -0.0649 e. The maximum absolute atomic E-state index is 2.49. The van der Waals surface area contributed by atoms with Crippen LogP contribution < -0.4 is 0 Å². The fourth-order valence-corrected chi connectivity index (χ4v) is 2.45. The summed E-state index contributed by atoms with van der Waals surface area (Å²) < 4.78 is 0. The van der Waals surface area contributed by atoms with Crippen LogP contribution >= 0.6 is 0 Å². The number of hydrogen-bond acceptors (Lipinski definition) is 0. The third kappa shape index (κ3) is 2.24. The van der Waals surface area contributed by atoms with Crippen molar-refractivity contribution >= 4 is 0 Å². The molecule has 1 saturated carbocycles. The van der Waals surface area contributed by atoms with Gasteiger partial charge in [0.1, 0.15) is 0 Å². The molecule has 1 rings (SSSR count). The summed E-state index contributed by atoms with van der Waals surface area (Å²) >= 11 is 0. The van der Waals surface area contributed by atoms with Crippen molar-refractivity contribution in [1.82, 2.24) is 0 Å². The molecule has 0 aliphatic heterocycles. The Morgan fingerprint density at radius 1 is 1.17 bits per heavy atom. The normalized spacial score (nSPS) is 38.8. The van der Waals surface area contributed by atoms with Crippen LogP contribution in [0, 0.1) is 11.3 Å². The first kappa shape index (κ1) is 10.1. The Hall–Kier alpha value is 0. The van der Waals surface area contributed by atoms with Crippen LogP contribution in [0.1, 0.15) is 65.7 Å². The number of hydrogen-bond donors (Lipinski definition) is 0. The van der Waals surface area contributed by atoms with Crippen molar-refractivity contribution in [2.45, 2.75) is 65.7 Å². The van der Waals surface area contributed by atoms with Crippen LogP contribution in [-0.4, -0.2) is 0 Å². The highest BCUT2D eigenvalue weighted by Gasteiger charge is 2.29. The quantitative estimate of drug-likeness (QED) is 0.544. The monoisotopic (exact) mass is 168 g/mol. The molecule has 1 aliphatic rings. The molecule has 72 valence electrons. The Morgan fingerprint density at radius 3 is 2.50 bits per heavy atom. The smallest absolute Gasteiger partial charge is 0.0303 e. The second kappa shape index (κ2) is 4.30. The Morgan fingerprint density at radius 2 is 1.83 bits per heavy atom. The van der Waals surface area contributed by atoms with Gasteiger partial charge in [-0.25, -0.2) is 0 Å². The summed E-state index contributed by atoms with van der Waals surface area (Å²) in [5.41, 5.74) is 0.653. The van der Waals surface area contributed by atoms with Gasteiger partial charge in [-0.1, -0.05) is 59.3 Å². The van der Waals surface area contributed by atoms with Gasteiger partial charge in [0, 0.05) is 0 Å². The van der Waals surface area contributed by atoms with E-state index < -0.39 is 0 Å². The molecular formula is C12H24. The zero-order valence-corrected chi connectivity index (χ0v) is 9.03. The van der Waals surface area contributed by atoms with Crippen molar-refractivity contribution in [3.8, 4) is 0 Å². The van der Waals surface area contributed by atoms with Crippen molar-refractivity contribution in [2.75, 3.05) is 0 Å². The van der Waals surface area contributed by atoms with E-state index in [2.05, 4.69) is 20.8 Å². The molecule has 0 spiro atoms. The van der Waals surface area contributed by atoms with Crippen LogP contribution in [0.4, 0.5) is 0 Å². The molecule has 0 N–H and O–H groups in total. The summed E-state index contributed by atoms with van der Waals surface area (Å²) in [6.07, 6.45) is 10.2. The Balaban J connectivity index is 2.54. The van der Waals surface area contributed by atoms with Crippen LogP contribution in [0.2, 0.25) is 0 Å². The second-order valence-corrected chi connectivity index (χ2v) is 4.86. The molecule has 2 unspecified atom stereocenters. The lowest BCUT2D eigenvalue weighted by Gasteiger charge is -2.36. The first-order valence-electron chi connectivity index (χ1n) is 5.69. The molecule has 0 heterocycles. The third-order valence-electron chi connectivity index (χ3n) is 4.13. The van der Waals surface area contributed by atoms with Crippen molar-refractivity contribution in [3.05, 3.63) is 0 Å². The first-order chi connectivity index (χ1) is 5.69. The summed E-state index contributed by atoms with van der Waals surface area (Å²) in [5.74, 6) is 0.947. The fourth-order valence-electron chi connectivity index (χ4n) is 2.45. The van der Waals surface area contributed by atoms with Crippen LogP contribution in [0.3, 0.4) is 0 Å². The second-order valence-electron chi connectivity index (χ2n) is 4.86. The van der Waals surface area contributed by atoms with Gasteiger partial charge in [0.05, 0.1) is 0 Å². The van der Waals surface area contributed by atoms with Gasteiger partial charge in [0.25, 0.3) is 0 Å². The predicted molar refractivity (Wildman–Crippen MR) is 55.3 cm³/mol. The topological polar surface area (TPSA) is 0 Å². The van der Waals surface area contributed by atoms with Gasteiger partial charge >= 0.3 is 0 Å². The summed E-state index contributed by atoms with van der Waals surface area (Å²) in [6.45, 7) is 7.30. The maximum Gasteiger partial charge on any atom is -0.0303 e. The number of rotatable bonds is 1. The summed E-state index contributed by atoms with van der Waals surface area (Å²) in [7, 11) is 0. The van der Waals surface area contributed by atoms with Crippen LogP contribution in [0.25, 0.3) is 0 Å². The standard InChI is InChI=1S/C12H24/c1-4-12(3)10-8-6-5-7-9-11(12)2/h11H,4-10H2,1-3H3. The van der Waals surface area contributed by atoms with Crippen LogP contribution in [-0.2, 0) is 0 Å². The van der Waals surface area contributed by atoms with Gasteiger partial charge in [-0.05, 0) is 17.8 Å². The van der Waals surface area contributed by atoms with Gasteiger partial charge in [-0.2, -0.15) is 0 Å². The van der Waals surface area contributed by atoms with E-state index in [-0.39, 0.29) is 0 Å². The van der Waals surface area contributed by atoms with Crippen LogP contribution in [0.5, 0.6) is 0 Å². The highest BCUT2D eigenvalue weighted by molar-refractivity contribution is 4.80. The van der Waals surface area contributed by atoms with E-state index in [1.54, 1.807) is 0 Å². The van der Waals surface area contributed by atoms with Gasteiger partial charge in [-0.3, -0.25) is 0 Å². The lowest BCUT2D eigenvalue weighted by molar-refractivity contribution is 0.146. The largest absolute Gasteiger partial charge is 0.0649 e. The van der Waals surface area contributed by atoms with E-state index in [1.165, 1.54) is 44.9 Å². The Kier molecular flexibility index (Phi) is 3.61. The van der Waals surface area contributed by atoms with E-state index in [9.17, 15) is 0 Å². The van der Waals surface area contributed by atoms with E-state index in [1.807, 2.05) is 0 Å². The van der Waals surface area contributed by atoms with E-state index >= 15 is 0 Å². The molecule has 0 amide bonds. The molecule has 0 nitrogen and oxygen atoms in total. The maximum atomic E-state index is 2.49. The van der Waals surface area contributed by atoms with E-state index in [0.717, 1.165) is 5.92 Å². The minimum absolute atomic E-state index is 0.653. The summed E-state index contributed by atoms with van der Waals surface area (Å²) in [4.78, 5) is 0. The average Bonchev–Trinajstić information content (AvgIpc) is 2.07. The molecule has 1 aliphatic carbocycles. The van der Waals surface area contributed by atoms with Crippen molar-refractivity contribution in [3.63, 3.8) is 0 Å². The van der Waals surface area contributed by atoms with Crippen molar-refractivity contribution in [2.24, 2.45) is 11.3 Å². The Labute approximate surface area is 77.7 Å². The van der Waals surface area contributed by atoms with E-state index in [4.69, 9.17) is 0 Å². The molecule has 0 aromatic carbocycles. The Bertz CT molecular complexity index is 128. The predicted octanol–water partition coefficient (Wildman–Crippen LogP) is 4.39. The molecule has 2 atom stereocenters. The van der Waals surface area contributed by atoms with Crippen molar-refractivity contribution in [1.29, 1.82) is 0 Å². The fraction of sp³-hybridized carbons (Fsp3) is 1.00. The molecule has 0 radical (unpaired) electrons. The third-order valence-corrected chi connectivity index (χ3v) is 4.13. The molecule has 0 aromatic heterocycles. The molecular weight excluding hydrogens is 144 g/mol. The van der Waals surface area contributed by atoms with Gasteiger partial charge in [0.2, 0.25) is 0 Å². The summed E-state index contributed by atoms with van der Waals surface area (Å²) in [6, 6.07) is 0. The highest BCUT2D eigenvalue weighted by Crippen LogP contribution is 2.40. The van der Waals surface area contributed by atoms with Crippen LogP contribution in [0.15, 0.2) is 0 Å². The van der Waals surface area contributed by atoms with Gasteiger partial charge in [-0.15, -0.1) is 0 Å². The zero-order valence-electron chi connectivity index (χ0n) is 9.03. The molecule has 0 heteroatoms. The lowest BCUT2D eigenvalue weighted by atomic mass is 9.69. The zero-order chi connectivity index (χ0) is 9.03. The van der Waals surface area contributed by atoms with Gasteiger partial charge < -0.3 is 0 Å². The van der Waals surface area contributed by atoms with E-state index in [0.29, 0.717) is 5.41 Å². The molecule has 0 aromatic rings. The molecule has 0 saturated heterocycles. The minimum atomic E-state index is 0.653. The molecule has 1 fully saturated rings.